The standard InChI is InChI=1S/C16H18N2O4S/c19-14(11-22-15(20)10-17-8-9-23-16(17)21)18-7-3-5-12-4-1-2-6-13(12)18/h1-2,4,6H,3,5,7-11H2. The molecule has 0 bridgehead atoms. The monoisotopic (exact) mass is 334 g/mol. The number of amides is 2. The van der Waals surface area contributed by atoms with Gasteiger partial charge in [0.2, 0.25) is 0 Å². The fourth-order valence-electron chi connectivity index (χ4n) is 2.78. The van der Waals surface area contributed by atoms with Crippen LogP contribution in [0.15, 0.2) is 24.3 Å². The maximum absolute atomic E-state index is 12.3. The first kappa shape index (κ1) is 15.9. The number of carbonyl (C=O) groups excluding carboxylic acids is 3. The number of esters is 1. The van der Waals surface area contributed by atoms with Gasteiger partial charge in [0.1, 0.15) is 6.54 Å². The van der Waals surface area contributed by atoms with E-state index in [2.05, 4.69) is 0 Å². The summed E-state index contributed by atoms with van der Waals surface area (Å²) in [4.78, 5) is 38.7. The highest BCUT2D eigenvalue weighted by Gasteiger charge is 2.26. The number of hydrogen-bond donors (Lipinski definition) is 0. The molecule has 0 N–H and O–H groups in total. The molecule has 2 heterocycles. The van der Waals surface area contributed by atoms with Gasteiger partial charge in [-0.15, -0.1) is 0 Å². The summed E-state index contributed by atoms with van der Waals surface area (Å²) in [5.74, 6) is -0.0811. The topological polar surface area (TPSA) is 66.9 Å². The molecule has 1 aromatic carbocycles. The van der Waals surface area contributed by atoms with Crippen molar-refractivity contribution in [2.75, 3.05) is 36.9 Å². The lowest BCUT2D eigenvalue weighted by Crippen LogP contribution is -2.39. The summed E-state index contributed by atoms with van der Waals surface area (Å²) in [6.45, 7) is 0.804. The number of benzene rings is 1. The SMILES string of the molecule is O=C(CN1CCSC1=O)OCC(=O)N1CCCc2ccccc21. The first-order valence-corrected chi connectivity index (χ1v) is 8.59. The fraction of sp³-hybridized carbons (Fsp3) is 0.438. The number of aryl methyl sites for hydroxylation is 1. The molecule has 1 aromatic rings. The lowest BCUT2D eigenvalue weighted by Gasteiger charge is -2.29. The number of thioether (sulfide) groups is 1. The van der Waals surface area contributed by atoms with Crippen molar-refractivity contribution in [2.24, 2.45) is 0 Å². The van der Waals surface area contributed by atoms with Crippen molar-refractivity contribution >= 4 is 34.6 Å². The maximum Gasteiger partial charge on any atom is 0.326 e. The highest BCUT2D eigenvalue weighted by Crippen LogP contribution is 2.26. The second-order valence-electron chi connectivity index (χ2n) is 5.47. The molecule has 0 spiro atoms. The molecule has 2 amide bonds. The summed E-state index contributed by atoms with van der Waals surface area (Å²) in [5.41, 5.74) is 2.03. The summed E-state index contributed by atoms with van der Waals surface area (Å²) < 4.78 is 5.05. The van der Waals surface area contributed by atoms with Gasteiger partial charge in [0.05, 0.1) is 0 Å². The van der Waals surface area contributed by atoms with E-state index >= 15 is 0 Å². The van der Waals surface area contributed by atoms with Crippen molar-refractivity contribution < 1.29 is 19.1 Å². The molecule has 122 valence electrons. The highest BCUT2D eigenvalue weighted by molar-refractivity contribution is 8.13. The van der Waals surface area contributed by atoms with Crippen LogP contribution >= 0.6 is 11.8 Å². The number of para-hydroxylation sites is 1. The number of ether oxygens (including phenoxy) is 1. The second kappa shape index (κ2) is 7.04. The van der Waals surface area contributed by atoms with Gasteiger partial charge in [-0.3, -0.25) is 14.4 Å². The van der Waals surface area contributed by atoms with Crippen LogP contribution in [0, 0.1) is 0 Å². The summed E-state index contributed by atoms with van der Waals surface area (Å²) in [7, 11) is 0. The minimum absolute atomic E-state index is 0.0876. The van der Waals surface area contributed by atoms with Crippen LogP contribution in [0.1, 0.15) is 12.0 Å². The molecule has 1 fully saturated rings. The van der Waals surface area contributed by atoms with Crippen molar-refractivity contribution in [2.45, 2.75) is 12.8 Å². The van der Waals surface area contributed by atoms with Gasteiger partial charge in [-0.2, -0.15) is 0 Å². The molecule has 6 nitrogen and oxygen atoms in total. The minimum Gasteiger partial charge on any atom is -0.454 e. The minimum atomic E-state index is -0.542. The zero-order valence-corrected chi connectivity index (χ0v) is 13.5. The average Bonchev–Trinajstić information content (AvgIpc) is 2.97. The number of nitrogens with zero attached hydrogens (tertiary/aromatic N) is 2. The van der Waals surface area contributed by atoms with Gasteiger partial charge in [-0.25, -0.2) is 0 Å². The number of rotatable bonds is 4. The van der Waals surface area contributed by atoms with Crippen LogP contribution in [0.3, 0.4) is 0 Å². The molecule has 0 saturated carbocycles. The summed E-state index contributed by atoms with van der Waals surface area (Å²) in [6, 6.07) is 7.77. The molecular weight excluding hydrogens is 316 g/mol. The molecule has 23 heavy (non-hydrogen) atoms. The largest absolute Gasteiger partial charge is 0.454 e. The van der Waals surface area contributed by atoms with Gasteiger partial charge in [-0.05, 0) is 24.5 Å². The molecule has 0 radical (unpaired) electrons. The van der Waals surface area contributed by atoms with Crippen LogP contribution in [0.5, 0.6) is 0 Å². The molecule has 7 heteroatoms. The van der Waals surface area contributed by atoms with Crippen molar-refractivity contribution in [3.63, 3.8) is 0 Å². The van der Waals surface area contributed by atoms with Gasteiger partial charge in [-0.1, -0.05) is 30.0 Å². The molecule has 0 aromatic heterocycles. The normalized spacial score (nSPS) is 17.1. The number of anilines is 1. The Morgan fingerprint density at radius 3 is 2.83 bits per heavy atom. The van der Waals surface area contributed by atoms with Crippen LogP contribution in [0.2, 0.25) is 0 Å². The Labute approximate surface area is 138 Å². The Morgan fingerprint density at radius 1 is 1.22 bits per heavy atom. The number of carbonyl (C=O) groups is 3. The van der Waals surface area contributed by atoms with Crippen LogP contribution in [0.25, 0.3) is 0 Å². The van der Waals surface area contributed by atoms with Crippen molar-refractivity contribution in [3.8, 4) is 0 Å². The van der Waals surface area contributed by atoms with E-state index in [9.17, 15) is 14.4 Å². The Morgan fingerprint density at radius 2 is 2.04 bits per heavy atom. The lowest BCUT2D eigenvalue weighted by molar-refractivity contribution is -0.148. The van der Waals surface area contributed by atoms with Crippen molar-refractivity contribution in [1.82, 2.24) is 4.90 Å². The molecule has 2 aliphatic heterocycles. The van der Waals surface area contributed by atoms with Crippen LogP contribution in [0.4, 0.5) is 10.5 Å². The van der Waals surface area contributed by atoms with Gasteiger partial charge in [0.15, 0.2) is 6.61 Å². The summed E-state index contributed by atoms with van der Waals surface area (Å²) in [5, 5.41) is -0.113. The third kappa shape index (κ3) is 3.67. The predicted molar refractivity (Wildman–Crippen MR) is 87.5 cm³/mol. The van der Waals surface area contributed by atoms with Gasteiger partial charge < -0.3 is 14.5 Å². The third-order valence-electron chi connectivity index (χ3n) is 3.93. The quantitative estimate of drug-likeness (QED) is 0.784. The Balaban J connectivity index is 1.54. The van der Waals surface area contributed by atoms with Crippen molar-refractivity contribution in [3.05, 3.63) is 29.8 Å². The second-order valence-corrected chi connectivity index (χ2v) is 6.52. The maximum atomic E-state index is 12.3. The Hall–Kier alpha value is -2.02. The van der Waals surface area contributed by atoms with Crippen LogP contribution < -0.4 is 4.90 Å². The van der Waals surface area contributed by atoms with Crippen LogP contribution in [-0.2, 0) is 20.7 Å². The van der Waals surface area contributed by atoms with E-state index < -0.39 is 5.97 Å². The van der Waals surface area contributed by atoms with Crippen molar-refractivity contribution in [1.29, 1.82) is 0 Å². The molecule has 0 unspecified atom stereocenters. The molecular formula is C16H18N2O4S. The highest BCUT2D eigenvalue weighted by atomic mass is 32.2. The van der Waals surface area contributed by atoms with E-state index in [1.54, 1.807) is 4.90 Å². The van der Waals surface area contributed by atoms with Gasteiger partial charge in [0.25, 0.3) is 11.1 Å². The lowest BCUT2D eigenvalue weighted by atomic mass is 10.0. The third-order valence-corrected chi connectivity index (χ3v) is 4.82. The average molecular weight is 334 g/mol. The molecule has 1 saturated heterocycles. The zero-order chi connectivity index (χ0) is 16.2. The number of hydrogen-bond acceptors (Lipinski definition) is 5. The fourth-order valence-corrected chi connectivity index (χ4v) is 3.61. The zero-order valence-electron chi connectivity index (χ0n) is 12.7. The van der Waals surface area contributed by atoms with E-state index in [0.29, 0.717) is 18.8 Å². The van der Waals surface area contributed by atoms with E-state index in [-0.39, 0.29) is 24.3 Å². The number of fused-ring (bicyclic) bond motifs is 1. The van der Waals surface area contributed by atoms with E-state index in [0.717, 1.165) is 24.1 Å². The van der Waals surface area contributed by atoms with Gasteiger partial charge in [0, 0.05) is 24.5 Å². The molecule has 0 aliphatic carbocycles. The predicted octanol–water partition coefficient (Wildman–Crippen LogP) is 1.68. The summed E-state index contributed by atoms with van der Waals surface area (Å²) in [6.07, 6.45) is 1.85. The first-order valence-electron chi connectivity index (χ1n) is 7.61. The van der Waals surface area contributed by atoms with Gasteiger partial charge >= 0.3 is 5.97 Å². The Bertz CT molecular complexity index is 634. The van der Waals surface area contributed by atoms with Crippen LogP contribution in [-0.4, -0.2) is 54.0 Å². The van der Waals surface area contributed by atoms with E-state index in [1.807, 2.05) is 24.3 Å². The van der Waals surface area contributed by atoms with E-state index in [4.69, 9.17) is 4.74 Å². The van der Waals surface area contributed by atoms with E-state index in [1.165, 1.54) is 16.7 Å². The molecule has 0 atom stereocenters. The Kier molecular flexibility index (Phi) is 4.85. The molecule has 2 aliphatic rings. The first-order chi connectivity index (χ1) is 11.1. The smallest absolute Gasteiger partial charge is 0.326 e. The summed E-state index contributed by atoms with van der Waals surface area (Å²) >= 11 is 1.19. The molecule has 3 rings (SSSR count).